The molecular weight excluding hydrogens is 428 g/mol. The molecule has 0 aliphatic carbocycles. The highest BCUT2D eigenvalue weighted by atomic mass is 32.2. The highest BCUT2D eigenvalue weighted by Crippen LogP contribution is 2.37. The molecule has 4 nitrogen and oxygen atoms in total. The van der Waals surface area contributed by atoms with Crippen molar-refractivity contribution in [2.45, 2.75) is 0 Å². The molecule has 5 heteroatoms. The van der Waals surface area contributed by atoms with E-state index in [4.69, 9.17) is 4.42 Å². The number of carbonyl (C=O) groups is 1. The van der Waals surface area contributed by atoms with E-state index in [1.54, 1.807) is 0 Å². The fraction of sp³-hybridized carbons (Fsp3) is 0. The quantitative estimate of drug-likeness (QED) is 0.271. The molecular formula is C28H18N2O2S. The Morgan fingerprint density at radius 1 is 0.727 bits per heavy atom. The summed E-state index contributed by atoms with van der Waals surface area (Å²) in [6.45, 7) is 0. The topological polar surface area (TPSA) is 45.8 Å². The number of carbonyl (C=O) groups excluding carboxylic acids is 1. The number of hydrogen-bond acceptors (Lipinski definition) is 4. The minimum atomic E-state index is -0.232. The number of benzene rings is 4. The lowest BCUT2D eigenvalue weighted by atomic mass is 10.1. The summed E-state index contributed by atoms with van der Waals surface area (Å²) in [6, 6.07) is 33.9. The number of hydrogen-bond donors (Lipinski definition) is 0. The molecule has 0 saturated heterocycles. The van der Waals surface area contributed by atoms with Gasteiger partial charge in [-0.05, 0) is 65.9 Å². The Balaban J connectivity index is 1.37. The third kappa shape index (κ3) is 3.62. The third-order valence-corrected chi connectivity index (χ3v) is 6.50. The zero-order chi connectivity index (χ0) is 22.2. The molecule has 0 bridgehead atoms. The van der Waals surface area contributed by atoms with Gasteiger partial charge >= 0.3 is 0 Å². The number of amides is 1. The van der Waals surface area contributed by atoms with Crippen LogP contribution in [0.5, 0.6) is 0 Å². The van der Waals surface area contributed by atoms with Crippen LogP contribution < -0.4 is 4.90 Å². The summed E-state index contributed by atoms with van der Waals surface area (Å²) in [6.07, 6.45) is 1.90. The van der Waals surface area contributed by atoms with E-state index in [-0.39, 0.29) is 5.91 Å². The fourth-order valence-corrected chi connectivity index (χ4v) is 4.96. The van der Waals surface area contributed by atoms with Crippen LogP contribution in [-0.4, -0.2) is 11.1 Å². The maximum absolute atomic E-state index is 12.9. The molecule has 1 aromatic heterocycles. The van der Waals surface area contributed by atoms with E-state index in [9.17, 15) is 4.79 Å². The number of anilines is 2. The van der Waals surface area contributed by atoms with E-state index in [1.165, 1.54) is 11.8 Å². The number of furan rings is 1. The Kier molecular flexibility index (Phi) is 4.82. The first-order chi connectivity index (χ1) is 16.3. The van der Waals surface area contributed by atoms with Gasteiger partial charge in [-0.3, -0.25) is 9.69 Å². The van der Waals surface area contributed by atoms with E-state index >= 15 is 0 Å². The number of amidine groups is 1. The van der Waals surface area contributed by atoms with Crippen molar-refractivity contribution in [2.75, 3.05) is 4.90 Å². The first kappa shape index (κ1) is 19.6. The van der Waals surface area contributed by atoms with Crippen LogP contribution in [0.25, 0.3) is 28.0 Å². The summed E-state index contributed by atoms with van der Waals surface area (Å²) in [5.74, 6) is -0.232. The smallest absolute Gasteiger partial charge is 0.286 e. The molecule has 5 aromatic rings. The average molecular weight is 447 g/mol. The summed E-state index contributed by atoms with van der Waals surface area (Å²) in [7, 11) is 0. The molecule has 1 aliphatic rings. The van der Waals surface area contributed by atoms with Crippen LogP contribution in [0.4, 0.5) is 11.4 Å². The van der Waals surface area contributed by atoms with Crippen LogP contribution in [0.1, 0.15) is 5.56 Å². The molecule has 0 radical (unpaired) electrons. The van der Waals surface area contributed by atoms with Gasteiger partial charge in [0.25, 0.3) is 5.91 Å². The molecule has 1 amide bonds. The lowest BCUT2D eigenvalue weighted by Crippen LogP contribution is -2.21. The summed E-state index contributed by atoms with van der Waals surface area (Å²) in [5, 5.41) is 2.74. The number of aliphatic imine (C=N–C) groups is 1. The summed E-state index contributed by atoms with van der Waals surface area (Å²) in [5.41, 5.74) is 4.54. The van der Waals surface area contributed by atoms with Gasteiger partial charge in [0, 0.05) is 22.1 Å². The fourth-order valence-electron chi connectivity index (χ4n) is 4.00. The molecule has 0 saturated carbocycles. The number of rotatable bonds is 3. The number of nitrogens with zero attached hydrogens (tertiary/aromatic N) is 2. The molecule has 1 aliphatic heterocycles. The van der Waals surface area contributed by atoms with Gasteiger partial charge < -0.3 is 4.42 Å². The van der Waals surface area contributed by atoms with Crippen molar-refractivity contribution in [2.24, 2.45) is 4.99 Å². The summed E-state index contributed by atoms with van der Waals surface area (Å²) < 4.78 is 5.92. The van der Waals surface area contributed by atoms with Crippen LogP contribution in [0.2, 0.25) is 0 Å². The van der Waals surface area contributed by atoms with Crippen molar-refractivity contribution < 1.29 is 9.21 Å². The van der Waals surface area contributed by atoms with E-state index in [1.807, 2.05) is 108 Å². The maximum Gasteiger partial charge on any atom is 0.286 e. The second-order valence-electron chi connectivity index (χ2n) is 7.67. The Hall–Kier alpha value is -4.09. The molecule has 0 N–H and O–H groups in total. The third-order valence-electron chi connectivity index (χ3n) is 5.53. The second kappa shape index (κ2) is 8.11. The zero-order valence-electron chi connectivity index (χ0n) is 17.5. The normalized spacial score (nSPS) is 14.8. The lowest BCUT2D eigenvalue weighted by molar-refractivity contribution is -0.113. The molecule has 6 rings (SSSR count). The minimum Gasteiger partial charge on any atom is -0.456 e. The van der Waals surface area contributed by atoms with E-state index in [0.717, 1.165) is 38.9 Å². The second-order valence-corrected chi connectivity index (χ2v) is 8.68. The Labute approximate surface area is 194 Å². The van der Waals surface area contributed by atoms with E-state index < -0.39 is 0 Å². The van der Waals surface area contributed by atoms with Crippen molar-refractivity contribution in [3.05, 3.63) is 114 Å². The van der Waals surface area contributed by atoms with Crippen molar-refractivity contribution in [1.82, 2.24) is 0 Å². The number of para-hydroxylation sites is 3. The van der Waals surface area contributed by atoms with E-state index in [0.29, 0.717) is 10.1 Å². The van der Waals surface area contributed by atoms with Gasteiger partial charge in [-0.25, -0.2) is 0 Å². The highest BCUT2D eigenvalue weighted by molar-refractivity contribution is 8.18. The molecule has 4 aromatic carbocycles. The molecule has 0 fully saturated rings. The van der Waals surface area contributed by atoms with Gasteiger partial charge in [-0.1, -0.05) is 60.7 Å². The average Bonchev–Trinajstić information content (AvgIpc) is 3.40. The monoisotopic (exact) mass is 446 g/mol. The van der Waals surface area contributed by atoms with Crippen molar-refractivity contribution in [3.63, 3.8) is 0 Å². The van der Waals surface area contributed by atoms with Gasteiger partial charge in [0.2, 0.25) is 0 Å². The van der Waals surface area contributed by atoms with Crippen LogP contribution in [0, 0.1) is 0 Å². The maximum atomic E-state index is 12.9. The van der Waals surface area contributed by atoms with Crippen LogP contribution >= 0.6 is 11.8 Å². The predicted octanol–water partition coefficient (Wildman–Crippen LogP) is 7.39. The Morgan fingerprint density at radius 3 is 2.09 bits per heavy atom. The number of thioether (sulfide) groups is 1. The number of fused-ring (bicyclic) bond motifs is 3. The summed E-state index contributed by atoms with van der Waals surface area (Å²) in [4.78, 5) is 19.9. The molecule has 33 heavy (non-hydrogen) atoms. The Bertz CT molecular complexity index is 1510. The minimum absolute atomic E-state index is 0.232. The van der Waals surface area contributed by atoms with Gasteiger partial charge in [-0.2, -0.15) is 4.99 Å². The van der Waals surface area contributed by atoms with E-state index in [2.05, 4.69) is 11.1 Å². The van der Waals surface area contributed by atoms with Gasteiger partial charge in [0.1, 0.15) is 11.2 Å². The zero-order valence-corrected chi connectivity index (χ0v) is 18.3. The highest BCUT2D eigenvalue weighted by Gasteiger charge is 2.28. The predicted molar refractivity (Wildman–Crippen MR) is 137 cm³/mol. The van der Waals surface area contributed by atoms with Crippen molar-refractivity contribution in [1.29, 1.82) is 0 Å². The lowest BCUT2D eigenvalue weighted by Gasteiger charge is -2.23. The van der Waals surface area contributed by atoms with Crippen LogP contribution in [0.3, 0.4) is 0 Å². The molecule has 0 unspecified atom stereocenters. The summed E-state index contributed by atoms with van der Waals surface area (Å²) >= 11 is 1.39. The Morgan fingerprint density at radius 2 is 1.36 bits per heavy atom. The standard InChI is InChI=1S/C28H18N2O2S/c31-27-26(18-19-15-16-25-23(17-19)22-13-7-8-14-24(22)32-25)33-28(29-27)30(20-9-3-1-4-10-20)21-11-5-2-6-12-21/h1-18H. The first-order valence-corrected chi connectivity index (χ1v) is 11.4. The van der Waals surface area contributed by atoms with Crippen molar-refractivity contribution >= 4 is 62.2 Å². The van der Waals surface area contributed by atoms with Gasteiger partial charge in [-0.15, -0.1) is 0 Å². The molecule has 0 atom stereocenters. The molecule has 0 spiro atoms. The largest absolute Gasteiger partial charge is 0.456 e. The molecule has 2 heterocycles. The molecule has 158 valence electrons. The van der Waals surface area contributed by atoms with Crippen LogP contribution in [-0.2, 0) is 4.79 Å². The van der Waals surface area contributed by atoms with Crippen molar-refractivity contribution in [3.8, 4) is 0 Å². The first-order valence-electron chi connectivity index (χ1n) is 10.6. The van der Waals surface area contributed by atoms with Gasteiger partial charge in [0.05, 0.1) is 4.91 Å². The van der Waals surface area contributed by atoms with Gasteiger partial charge in [0.15, 0.2) is 5.17 Å². The SMILES string of the molecule is O=C1N=C(N(c2ccccc2)c2ccccc2)SC1=Cc1ccc2oc3ccccc3c2c1. The van der Waals surface area contributed by atoms with Crippen LogP contribution in [0.15, 0.2) is 117 Å².